The van der Waals surface area contributed by atoms with E-state index in [-0.39, 0.29) is 12.4 Å². The number of benzene rings is 3. The minimum absolute atomic E-state index is 0.0588. The van der Waals surface area contributed by atoms with Crippen LogP contribution in [0.5, 0.6) is 17.2 Å². The van der Waals surface area contributed by atoms with Crippen LogP contribution in [-0.4, -0.2) is 23.7 Å². The fraction of sp³-hybridized carbons (Fsp3) is 0.200. The van der Waals surface area contributed by atoms with E-state index in [1.807, 2.05) is 48.5 Å². The maximum atomic E-state index is 14.1. The summed E-state index contributed by atoms with van der Waals surface area (Å²) in [5.74, 6) is -0.340. The van der Waals surface area contributed by atoms with Gasteiger partial charge in [-0.25, -0.2) is 9.78 Å². The van der Waals surface area contributed by atoms with E-state index >= 15 is 0 Å². The Balaban J connectivity index is 1.61. The van der Waals surface area contributed by atoms with Gasteiger partial charge in [0.15, 0.2) is 0 Å². The highest BCUT2D eigenvalue weighted by Crippen LogP contribution is 2.37. The van der Waals surface area contributed by atoms with Crippen LogP contribution in [0.3, 0.4) is 0 Å². The van der Waals surface area contributed by atoms with Gasteiger partial charge in [0.25, 0.3) is 0 Å². The van der Waals surface area contributed by atoms with Crippen molar-refractivity contribution < 1.29 is 27.8 Å². The molecular formula is C25H21F2NO4S. The zero-order valence-corrected chi connectivity index (χ0v) is 19.0. The van der Waals surface area contributed by atoms with Crippen molar-refractivity contribution in [3.8, 4) is 27.8 Å². The van der Waals surface area contributed by atoms with E-state index in [9.17, 15) is 13.6 Å². The predicted molar refractivity (Wildman–Crippen MR) is 123 cm³/mol. The molecule has 0 atom stereocenters. The van der Waals surface area contributed by atoms with Gasteiger partial charge in [0.2, 0.25) is 0 Å². The highest BCUT2D eigenvalue weighted by atomic mass is 32.1. The van der Waals surface area contributed by atoms with Crippen LogP contribution < -0.4 is 9.47 Å². The van der Waals surface area contributed by atoms with Gasteiger partial charge in [-0.1, -0.05) is 18.2 Å². The van der Waals surface area contributed by atoms with Crippen molar-refractivity contribution >= 4 is 27.5 Å². The SMILES string of the molecule is CCOC(=O)C(F)(F)Oc1c(C)cc(-c2nc3ccc(Oc4ccccc4)cc3s2)cc1C. The molecule has 0 radical (unpaired) electrons. The fourth-order valence-corrected chi connectivity index (χ4v) is 4.32. The largest absolute Gasteiger partial charge is 0.502 e. The first-order valence-electron chi connectivity index (χ1n) is 10.3. The second kappa shape index (κ2) is 9.15. The minimum atomic E-state index is -4.07. The quantitative estimate of drug-likeness (QED) is 0.275. The molecule has 1 aromatic heterocycles. The first-order chi connectivity index (χ1) is 15.8. The van der Waals surface area contributed by atoms with E-state index in [0.29, 0.717) is 16.9 Å². The molecule has 0 saturated heterocycles. The van der Waals surface area contributed by atoms with Crippen LogP contribution in [0.2, 0.25) is 0 Å². The number of aromatic nitrogens is 1. The van der Waals surface area contributed by atoms with Crippen molar-refractivity contribution in [2.24, 2.45) is 0 Å². The van der Waals surface area contributed by atoms with Gasteiger partial charge in [-0.05, 0) is 68.3 Å². The Bertz CT molecular complexity index is 1280. The molecule has 0 aliphatic carbocycles. The Hall–Kier alpha value is -3.52. The number of thiazole rings is 1. The molecule has 0 saturated carbocycles. The van der Waals surface area contributed by atoms with Crippen molar-refractivity contribution in [1.82, 2.24) is 4.98 Å². The third-order valence-electron chi connectivity index (χ3n) is 4.79. The normalized spacial score (nSPS) is 11.4. The fourth-order valence-electron chi connectivity index (χ4n) is 3.34. The Kier molecular flexibility index (Phi) is 6.29. The summed E-state index contributed by atoms with van der Waals surface area (Å²) < 4.78 is 44.2. The molecule has 0 amide bonds. The topological polar surface area (TPSA) is 57.7 Å². The van der Waals surface area contributed by atoms with Gasteiger partial charge in [0.1, 0.15) is 22.3 Å². The summed E-state index contributed by atoms with van der Waals surface area (Å²) in [6.07, 6.45) is -4.07. The van der Waals surface area contributed by atoms with E-state index in [1.165, 1.54) is 18.3 Å². The van der Waals surface area contributed by atoms with Crippen molar-refractivity contribution in [2.45, 2.75) is 26.9 Å². The van der Waals surface area contributed by atoms with E-state index < -0.39 is 12.1 Å². The molecule has 0 bridgehead atoms. The number of alkyl halides is 2. The van der Waals surface area contributed by atoms with Gasteiger partial charge < -0.3 is 14.2 Å². The number of fused-ring (bicyclic) bond motifs is 1. The molecule has 4 aromatic rings. The van der Waals surface area contributed by atoms with Crippen molar-refractivity contribution in [3.63, 3.8) is 0 Å². The van der Waals surface area contributed by atoms with Gasteiger partial charge in [-0.2, -0.15) is 8.78 Å². The van der Waals surface area contributed by atoms with E-state index in [1.54, 1.807) is 26.0 Å². The Morgan fingerprint density at radius 1 is 1.00 bits per heavy atom. The van der Waals surface area contributed by atoms with Crippen molar-refractivity contribution in [3.05, 3.63) is 71.8 Å². The lowest BCUT2D eigenvalue weighted by molar-refractivity contribution is -0.216. The van der Waals surface area contributed by atoms with Crippen LogP contribution in [0.25, 0.3) is 20.8 Å². The number of hydrogen-bond donors (Lipinski definition) is 0. The Morgan fingerprint density at radius 3 is 2.36 bits per heavy atom. The molecule has 0 aliphatic heterocycles. The number of esters is 1. The molecular weight excluding hydrogens is 448 g/mol. The standard InChI is InChI=1S/C25H21F2NO4S/c1-4-30-24(29)25(26,27)32-22-15(2)12-17(13-16(22)3)23-28-20-11-10-19(14-21(20)33-23)31-18-8-6-5-7-9-18/h5-14H,4H2,1-3H3. The molecule has 0 fully saturated rings. The van der Waals surface area contributed by atoms with Gasteiger partial charge >= 0.3 is 12.1 Å². The lowest BCUT2D eigenvalue weighted by atomic mass is 10.1. The summed E-state index contributed by atoms with van der Waals surface area (Å²) in [6.45, 7) is 4.58. The van der Waals surface area contributed by atoms with Gasteiger partial charge in [0.05, 0.1) is 16.8 Å². The molecule has 0 N–H and O–H groups in total. The molecule has 0 unspecified atom stereocenters. The Labute approximate surface area is 193 Å². The predicted octanol–water partition coefficient (Wildman–Crippen LogP) is 6.91. The summed E-state index contributed by atoms with van der Waals surface area (Å²) >= 11 is 1.47. The minimum Gasteiger partial charge on any atom is -0.459 e. The van der Waals surface area contributed by atoms with E-state index in [0.717, 1.165) is 26.5 Å². The molecule has 3 aromatic carbocycles. The maximum Gasteiger partial charge on any atom is 0.502 e. The molecule has 0 spiro atoms. The van der Waals surface area contributed by atoms with Crippen LogP contribution in [0.15, 0.2) is 60.7 Å². The second-order valence-corrected chi connectivity index (χ2v) is 8.37. The monoisotopic (exact) mass is 469 g/mol. The van der Waals surface area contributed by atoms with Crippen LogP contribution in [0, 0.1) is 13.8 Å². The van der Waals surface area contributed by atoms with Crippen LogP contribution >= 0.6 is 11.3 Å². The number of carbonyl (C=O) groups is 1. The number of aryl methyl sites for hydroxylation is 2. The average Bonchev–Trinajstić information content (AvgIpc) is 3.20. The summed E-state index contributed by atoms with van der Waals surface area (Å²) in [5.41, 5.74) is 2.49. The number of hydrogen-bond acceptors (Lipinski definition) is 6. The molecule has 0 aliphatic rings. The average molecular weight is 470 g/mol. The third-order valence-corrected chi connectivity index (χ3v) is 5.86. The molecule has 4 rings (SSSR count). The summed E-state index contributed by atoms with van der Waals surface area (Å²) in [6, 6.07) is 18.6. The van der Waals surface area contributed by atoms with Gasteiger partial charge in [0, 0.05) is 11.6 Å². The number of para-hydroxylation sites is 1. The highest BCUT2D eigenvalue weighted by Gasteiger charge is 2.44. The second-order valence-electron chi connectivity index (χ2n) is 7.34. The maximum absolute atomic E-state index is 14.1. The molecule has 33 heavy (non-hydrogen) atoms. The lowest BCUT2D eigenvalue weighted by Gasteiger charge is -2.19. The zero-order valence-electron chi connectivity index (χ0n) is 18.2. The number of halogens is 2. The van der Waals surface area contributed by atoms with Crippen LogP contribution in [0.4, 0.5) is 8.78 Å². The van der Waals surface area contributed by atoms with Crippen LogP contribution in [0.1, 0.15) is 18.1 Å². The molecule has 1 heterocycles. The smallest absolute Gasteiger partial charge is 0.459 e. The van der Waals surface area contributed by atoms with E-state index in [2.05, 4.69) is 9.72 Å². The Morgan fingerprint density at radius 2 is 1.70 bits per heavy atom. The highest BCUT2D eigenvalue weighted by molar-refractivity contribution is 7.21. The molecule has 8 heteroatoms. The van der Waals surface area contributed by atoms with Crippen molar-refractivity contribution in [1.29, 1.82) is 0 Å². The lowest BCUT2D eigenvalue weighted by Crippen LogP contribution is -2.37. The van der Waals surface area contributed by atoms with Gasteiger partial charge in [-0.15, -0.1) is 11.3 Å². The first-order valence-corrected chi connectivity index (χ1v) is 11.1. The number of nitrogens with zero attached hydrogens (tertiary/aromatic N) is 1. The van der Waals surface area contributed by atoms with Gasteiger partial charge in [-0.3, -0.25) is 0 Å². The molecule has 170 valence electrons. The van der Waals surface area contributed by atoms with Crippen molar-refractivity contribution in [2.75, 3.05) is 6.61 Å². The summed E-state index contributed by atoms with van der Waals surface area (Å²) in [4.78, 5) is 16.2. The summed E-state index contributed by atoms with van der Waals surface area (Å²) in [5, 5.41) is 0.733. The number of rotatable bonds is 7. The first kappa shape index (κ1) is 22.7. The summed E-state index contributed by atoms with van der Waals surface area (Å²) in [7, 11) is 0. The number of ether oxygens (including phenoxy) is 3. The zero-order chi connectivity index (χ0) is 23.6. The van der Waals surface area contributed by atoms with Crippen LogP contribution in [-0.2, 0) is 9.53 Å². The molecule has 5 nitrogen and oxygen atoms in total. The number of carbonyl (C=O) groups excluding carboxylic acids is 1. The third kappa shape index (κ3) is 4.96. The van der Waals surface area contributed by atoms with E-state index in [4.69, 9.17) is 9.47 Å².